The van der Waals surface area contributed by atoms with E-state index in [9.17, 15) is 19.6 Å². The molecule has 7 nitrogen and oxygen atoms in total. The third-order valence-electron chi connectivity index (χ3n) is 5.34. The van der Waals surface area contributed by atoms with E-state index in [-0.39, 0.29) is 33.0 Å². The molecule has 37 heavy (non-hydrogen) atoms. The maximum atomic E-state index is 13.6. The molecule has 1 aromatic heterocycles. The normalized spacial score (nSPS) is 14.6. The van der Waals surface area contributed by atoms with Gasteiger partial charge in [0.25, 0.3) is 5.56 Å². The summed E-state index contributed by atoms with van der Waals surface area (Å²) in [5.74, 6) is -1.50. The molecule has 0 saturated carbocycles. The molecule has 0 saturated heterocycles. The minimum Gasteiger partial charge on any atom is -0.495 e. The molecule has 0 bridgehead atoms. The summed E-state index contributed by atoms with van der Waals surface area (Å²) in [5.41, 5.74) is -0.449. The average Bonchev–Trinajstić information content (AvgIpc) is 2.88. The molecule has 0 amide bonds. The second kappa shape index (κ2) is 11.4. The minimum atomic E-state index is -3.29. The number of ether oxygens (including phenoxy) is 2. The number of hydrogen-bond donors (Lipinski definition) is 0. The Balaban J connectivity index is 2.09. The van der Waals surface area contributed by atoms with E-state index in [1.807, 2.05) is 6.07 Å². The second-order valence-corrected chi connectivity index (χ2v) is 9.63. The largest absolute Gasteiger partial charge is 0.495 e. The summed E-state index contributed by atoms with van der Waals surface area (Å²) in [6, 6.07) is 11.2. The molecule has 3 aromatic rings. The Morgan fingerprint density at radius 2 is 1.86 bits per heavy atom. The van der Waals surface area contributed by atoms with Gasteiger partial charge in [-0.3, -0.25) is 9.59 Å². The lowest BCUT2D eigenvalue weighted by atomic mass is 9.98. The summed E-state index contributed by atoms with van der Waals surface area (Å²) >= 11 is 6.11. The van der Waals surface area contributed by atoms with Gasteiger partial charge in [-0.15, -0.1) is 0 Å². The van der Waals surface area contributed by atoms with Crippen LogP contribution in [0.25, 0.3) is 11.1 Å². The van der Waals surface area contributed by atoms with Crippen LogP contribution in [0.3, 0.4) is 0 Å². The molecule has 0 aliphatic heterocycles. The van der Waals surface area contributed by atoms with Crippen LogP contribution in [0.2, 0.25) is 5.02 Å². The highest BCUT2D eigenvalue weighted by molar-refractivity contribution is 6.31. The van der Waals surface area contributed by atoms with E-state index in [2.05, 4.69) is 0 Å². The minimum absolute atomic E-state index is 0.0192. The maximum Gasteiger partial charge on any atom is 0.338 e. The van der Waals surface area contributed by atoms with Crippen LogP contribution in [0, 0.1) is 11.3 Å². The van der Waals surface area contributed by atoms with E-state index in [1.54, 1.807) is 20.8 Å². The van der Waals surface area contributed by atoms with E-state index in [1.165, 1.54) is 49.6 Å². The Kier molecular flexibility index (Phi) is 6.56. The van der Waals surface area contributed by atoms with Crippen molar-refractivity contribution in [2.24, 2.45) is 0 Å². The number of nitriles is 1. The third-order valence-corrected chi connectivity index (χ3v) is 5.58. The lowest BCUT2D eigenvalue weighted by molar-refractivity contribution is -0.121. The first-order valence-electron chi connectivity index (χ1n) is 13.7. The SMILES string of the molecule is [2H]C([2H])([2H])C([2H])([2H])C(C(=O)Cc1ccc(C(=O)OC(C)(C)C)cc1)n1cc(OC)c(-c2cc(Cl)ccc2C#N)cc1=O. The molecular weight excluding hydrogens is 492 g/mol. The molecule has 0 fully saturated rings. The lowest BCUT2D eigenvalue weighted by Gasteiger charge is -2.20. The van der Waals surface area contributed by atoms with Gasteiger partial charge < -0.3 is 14.0 Å². The van der Waals surface area contributed by atoms with Crippen molar-refractivity contribution in [2.45, 2.75) is 52.1 Å². The zero-order chi connectivity index (χ0) is 31.6. The van der Waals surface area contributed by atoms with Crippen molar-refractivity contribution < 1.29 is 25.9 Å². The Morgan fingerprint density at radius 3 is 2.46 bits per heavy atom. The van der Waals surface area contributed by atoms with Gasteiger partial charge >= 0.3 is 5.97 Å². The highest BCUT2D eigenvalue weighted by Crippen LogP contribution is 2.33. The highest BCUT2D eigenvalue weighted by Gasteiger charge is 2.23. The lowest BCUT2D eigenvalue weighted by Crippen LogP contribution is -2.30. The Bertz CT molecular complexity index is 1600. The van der Waals surface area contributed by atoms with Crippen molar-refractivity contribution >= 4 is 23.4 Å². The van der Waals surface area contributed by atoms with Gasteiger partial charge in [0.1, 0.15) is 11.4 Å². The van der Waals surface area contributed by atoms with Gasteiger partial charge in [-0.2, -0.15) is 5.26 Å². The average molecular weight is 526 g/mol. The van der Waals surface area contributed by atoms with Crippen LogP contribution in [-0.2, 0) is 16.0 Å². The topological polar surface area (TPSA) is 98.4 Å². The van der Waals surface area contributed by atoms with E-state index < -0.39 is 48.6 Å². The van der Waals surface area contributed by atoms with Gasteiger partial charge in [-0.1, -0.05) is 30.6 Å². The molecule has 2 aromatic carbocycles. The monoisotopic (exact) mass is 525 g/mol. The molecule has 1 unspecified atom stereocenters. The number of ketones is 1. The van der Waals surface area contributed by atoms with E-state index in [4.69, 9.17) is 27.9 Å². The second-order valence-electron chi connectivity index (χ2n) is 9.19. The summed E-state index contributed by atoms with van der Waals surface area (Å²) < 4.78 is 51.8. The fourth-order valence-corrected chi connectivity index (χ4v) is 3.81. The summed E-state index contributed by atoms with van der Waals surface area (Å²) in [4.78, 5) is 39.4. The molecular formula is C29H29ClN2O5. The smallest absolute Gasteiger partial charge is 0.338 e. The van der Waals surface area contributed by atoms with Crippen LogP contribution in [0.4, 0.5) is 0 Å². The predicted molar refractivity (Wildman–Crippen MR) is 142 cm³/mol. The van der Waals surface area contributed by atoms with Gasteiger partial charge in [0.15, 0.2) is 5.78 Å². The highest BCUT2D eigenvalue weighted by atomic mass is 35.5. The molecule has 1 atom stereocenters. The van der Waals surface area contributed by atoms with Crippen molar-refractivity contribution in [3.63, 3.8) is 0 Å². The molecule has 8 heteroatoms. The van der Waals surface area contributed by atoms with Crippen molar-refractivity contribution in [2.75, 3.05) is 7.11 Å². The number of hydrogen-bond acceptors (Lipinski definition) is 6. The zero-order valence-corrected chi connectivity index (χ0v) is 21.6. The van der Waals surface area contributed by atoms with Crippen molar-refractivity contribution in [3.05, 3.63) is 86.8 Å². The predicted octanol–water partition coefficient (Wildman–Crippen LogP) is 5.77. The van der Waals surface area contributed by atoms with Crippen molar-refractivity contribution in [1.29, 1.82) is 5.26 Å². The number of esters is 1. The Hall–Kier alpha value is -3.89. The van der Waals surface area contributed by atoms with Crippen LogP contribution in [-0.4, -0.2) is 29.0 Å². The summed E-state index contributed by atoms with van der Waals surface area (Å²) in [6.07, 6.45) is -2.57. The molecule has 0 N–H and O–H groups in total. The number of halogens is 1. The molecule has 0 aliphatic rings. The van der Waals surface area contributed by atoms with E-state index in [0.29, 0.717) is 10.1 Å². The Morgan fingerprint density at radius 1 is 1.16 bits per heavy atom. The summed E-state index contributed by atoms with van der Waals surface area (Å²) in [6.45, 7) is 1.87. The van der Waals surface area contributed by atoms with E-state index in [0.717, 1.165) is 12.3 Å². The fourth-order valence-electron chi connectivity index (χ4n) is 3.64. The van der Waals surface area contributed by atoms with Crippen LogP contribution < -0.4 is 10.3 Å². The number of pyridine rings is 1. The number of aromatic nitrogens is 1. The van der Waals surface area contributed by atoms with Gasteiger partial charge in [0.2, 0.25) is 0 Å². The number of rotatable bonds is 8. The van der Waals surface area contributed by atoms with Crippen LogP contribution in [0.15, 0.2) is 59.5 Å². The first kappa shape index (κ1) is 21.2. The van der Waals surface area contributed by atoms with Crippen molar-refractivity contribution in [3.8, 4) is 22.9 Å². The van der Waals surface area contributed by atoms with Gasteiger partial charge in [0, 0.05) is 35.5 Å². The molecule has 3 rings (SSSR count). The van der Waals surface area contributed by atoms with Crippen LogP contribution >= 0.6 is 11.6 Å². The number of Topliss-reactive ketones (excluding diaryl/α,β-unsaturated/α-hetero) is 1. The zero-order valence-electron chi connectivity index (χ0n) is 25.8. The van der Waals surface area contributed by atoms with Crippen LogP contribution in [0.1, 0.15) is 68.4 Å². The number of carbonyl (C=O) groups excluding carboxylic acids is 2. The number of methoxy groups -OCH3 is 1. The molecule has 0 aliphatic carbocycles. The Labute approximate surface area is 228 Å². The fraction of sp³-hybridized carbons (Fsp3) is 0.310. The number of benzene rings is 2. The molecule has 0 spiro atoms. The summed E-state index contributed by atoms with van der Waals surface area (Å²) in [7, 11) is 1.27. The van der Waals surface area contributed by atoms with Gasteiger partial charge in [-0.05, 0) is 63.0 Å². The van der Waals surface area contributed by atoms with Crippen LogP contribution in [0.5, 0.6) is 5.75 Å². The first-order valence-corrected chi connectivity index (χ1v) is 11.6. The van der Waals surface area contributed by atoms with Gasteiger partial charge in [-0.25, -0.2) is 4.79 Å². The number of carbonyl (C=O) groups is 2. The molecule has 1 heterocycles. The summed E-state index contributed by atoms with van der Waals surface area (Å²) in [5, 5.41) is 9.83. The first-order chi connectivity index (χ1) is 19.4. The standard InChI is InChI=1S/C29H29ClN2O5/c1-6-24(25(33)13-18-7-9-19(10-8-18)28(35)37-29(2,3)4)32-17-26(36-5)23(15-27(32)34)22-14-21(30)12-11-20(22)16-31/h7-12,14-15,17,24H,6,13H2,1-5H3/i1D3,6D2. The molecule has 192 valence electrons. The number of nitrogens with zero attached hydrogens (tertiary/aromatic N) is 2. The quantitative estimate of drug-likeness (QED) is 0.346. The van der Waals surface area contributed by atoms with E-state index >= 15 is 0 Å². The van der Waals surface area contributed by atoms with Crippen molar-refractivity contribution in [1.82, 2.24) is 4.57 Å². The molecule has 0 radical (unpaired) electrons. The van der Waals surface area contributed by atoms with Gasteiger partial charge in [0.05, 0.1) is 36.5 Å². The third kappa shape index (κ3) is 6.66. The maximum absolute atomic E-state index is 13.6.